The number of nitrogens with one attached hydrogen (secondary N) is 1. The SMILES string of the molecule is CC(NS(=O)(=O)c1cnc(N)nc1)C1CCCCC1. The average molecular weight is 284 g/mol. The zero-order valence-electron chi connectivity index (χ0n) is 11.0. The first kappa shape index (κ1) is 14.2. The van der Waals surface area contributed by atoms with Crippen LogP contribution in [0.5, 0.6) is 0 Å². The predicted molar refractivity (Wildman–Crippen MR) is 72.8 cm³/mol. The summed E-state index contributed by atoms with van der Waals surface area (Å²) in [5, 5.41) is 0. The molecule has 1 saturated carbocycles. The van der Waals surface area contributed by atoms with E-state index in [0.29, 0.717) is 5.92 Å². The normalized spacial score (nSPS) is 19.2. The highest BCUT2D eigenvalue weighted by Crippen LogP contribution is 2.27. The highest BCUT2D eigenvalue weighted by molar-refractivity contribution is 7.89. The first-order valence-corrected chi connectivity index (χ1v) is 8.07. The Kier molecular flexibility index (Phi) is 4.36. The third-order valence-electron chi connectivity index (χ3n) is 3.66. The van der Waals surface area contributed by atoms with Crippen LogP contribution in [0.4, 0.5) is 5.95 Å². The molecule has 19 heavy (non-hydrogen) atoms. The van der Waals surface area contributed by atoms with Gasteiger partial charge in [0.25, 0.3) is 0 Å². The molecule has 1 aliphatic carbocycles. The Labute approximate surface area is 113 Å². The fourth-order valence-corrected chi connectivity index (χ4v) is 3.71. The van der Waals surface area contributed by atoms with Crippen molar-refractivity contribution in [2.75, 3.05) is 5.73 Å². The van der Waals surface area contributed by atoms with E-state index in [4.69, 9.17) is 5.73 Å². The third kappa shape index (κ3) is 3.63. The second-order valence-corrected chi connectivity index (χ2v) is 6.80. The lowest BCUT2D eigenvalue weighted by molar-refractivity contribution is 0.303. The zero-order chi connectivity index (χ0) is 13.9. The van der Waals surface area contributed by atoms with Crippen molar-refractivity contribution in [1.29, 1.82) is 0 Å². The van der Waals surface area contributed by atoms with E-state index in [9.17, 15) is 8.42 Å². The number of rotatable bonds is 4. The molecule has 0 spiro atoms. The predicted octanol–water partition coefficient (Wildman–Crippen LogP) is 1.31. The van der Waals surface area contributed by atoms with E-state index in [1.165, 1.54) is 31.7 Å². The van der Waals surface area contributed by atoms with Crippen molar-refractivity contribution in [3.63, 3.8) is 0 Å². The van der Waals surface area contributed by atoms with Gasteiger partial charge in [-0.3, -0.25) is 0 Å². The Morgan fingerprint density at radius 2 is 1.84 bits per heavy atom. The Balaban J connectivity index is 2.05. The minimum atomic E-state index is -3.56. The van der Waals surface area contributed by atoms with Crippen molar-refractivity contribution in [2.45, 2.75) is 50.0 Å². The van der Waals surface area contributed by atoms with Crippen LogP contribution in [0, 0.1) is 5.92 Å². The summed E-state index contributed by atoms with van der Waals surface area (Å²) in [4.78, 5) is 7.49. The van der Waals surface area contributed by atoms with Gasteiger partial charge >= 0.3 is 0 Å². The molecule has 1 fully saturated rings. The summed E-state index contributed by atoms with van der Waals surface area (Å²) in [6.45, 7) is 1.92. The average Bonchev–Trinajstić information content (AvgIpc) is 2.40. The van der Waals surface area contributed by atoms with Crippen LogP contribution in [0.15, 0.2) is 17.3 Å². The molecule has 0 amide bonds. The molecule has 1 aromatic heterocycles. The summed E-state index contributed by atoms with van der Waals surface area (Å²) in [5.41, 5.74) is 5.35. The van der Waals surface area contributed by atoms with Crippen LogP contribution < -0.4 is 10.5 Å². The van der Waals surface area contributed by atoms with Gasteiger partial charge in [-0.25, -0.2) is 23.1 Å². The molecule has 3 N–H and O–H groups in total. The van der Waals surface area contributed by atoms with Gasteiger partial charge in [0.1, 0.15) is 4.90 Å². The first-order valence-electron chi connectivity index (χ1n) is 6.59. The maximum absolute atomic E-state index is 12.2. The molecule has 1 aliphatic rings. The molecule has 2 rings (SSSR count). The van der Waals surface area contributed by atoms with E-state index in [1.807, 2.05) is 6.92 Å². The molecule has 1 unspecified atom stereocenters. The quantitative estimate of drug-likeness (QED) is 0.868. The fourth-order valence-electron chi connectivity index (χ4n) is 2.51. The number of nitrogen functional groups attached to an aromatic ring is 1. The van der Waals surface area contributed by atoms with E-state index in [2.05, 4.69) is 14.7 Å². The van der Waals surface area contributed by atoms with Crippen molar-refractivity contribution >= 4 is 16.0 Å². The number of anilines is 1. The number of hydrogen-bond donors (Lipinski definition) is 2. The summed E-state index contributed by atoms with van der Waals surface area (Å²) in [5.74, 6) is 0.484. The van der Waals surface area contributed by atoms with Gasteiger partial charge in [-0.1, -0.05) is 19.3 Å². The highest BCUT2D eigenvalue weighted by atomic mass is 32.2. The fraction of sp³-hybridized carbons (Fsp3) is 0.667. The van der Waals surface area contributed by atoms with Gasteiger partial charge in [0.15, 0.2) is 0 Å². The summed E-state index contributed by atoms with van der Waals surface area (Å²) in [6, 6.07) is -0.0668. The molecule has 0 bridgehead atoms. The molecular formula is C12H20N4O2S. The standard InChI is InChI=1S/C12H20N4O2S/c1-9(10-5-3-2-4-6-10)16-19(17,18)11-7-14-12(13)15-8-11/h7-10,16H,2-6H2,1H3,(H2,13,14,15). The Morgan fingerprint density at radius 3 is 2.42 bits per heavy atom. The smallest absolute Gasteiger partial charge is 0.243 e. The van der Waals surface area contributed by atoms with Gasteiger partial charge < -0.3 is 5.73 Å². The van der Waals surface area contributed by atoms with Crippen molar-refractivity contribution in [1.82, 2.24) is 14.7 Å². The maximum atomic E-state index is 12.2. The second-order valence-electron chi connectivity index (χ2n) is 5.09. The molecule has 1 heterocycles. The van der Waals surface area contributed by atoms with Crippen LogP contribution in [-0.4, -0.2) is 24.4 Å². The first-order chi connectivity index (χ1) is 8.99. The van der Waals surface area contributed by atoms with Crippen molar-refractivity contribution in [2.24, 2.45) is 5.92 Å². The molecule has 6 nitrogen and oxygen atoms in total. The van der Waals surface area contributed by atoms with Gasteiger partial charge in [-0.05, 0) is 25.7 Å². The topological polar surface area (TPSA) is 98.0 Å². The summed E-state index contributed by atoms with van der Waals surface area (Å²) < 4.78 is 27.0. The number of sulfonamides is 1. The zero-order valence-corrected chi connectivity index (χ0v) is 11.9. The van der Waals surface area contributed by atoms with Crippen LogP contribution in [0.25, 0.3) is 0 Å². The maximum Gasteiger partial charge on any atom is 0.243 e. The lowest BCUT2D eigenvalue weighted by Gasteiger charge is -2.27. The van der Waals surface area contributed by atoms with Gasteiger partial charge in [0, 0.05) is 6.04 Å². The van der Waals surface area contributed by atoms with Crippen LogP contribution >= 0.6 is 0 Å². The molecule has 0 aromatic carbocycles. The molecular weight excluding hydrogens is 264 g/mol. The number of nitrogens with two attached hydrogens (primary N) is 1. The van der Waals surface area contributed by atoms with Gasteiger partial charge in [0.2, 0.25) is 16.0 Å². The van der Waals surface area contributed by atoms with Gasteiger partial charge in [-0.15, -0.1) is 0 Å². The van der Waals surface area contributed by atoms with Crippen molar-refractivity contribution < 1.29 is 8.42 Å². The van der Waals surface area contributed by atoms with Crippen molar-refractivity contribution in [3.05, 3.63) is 12.4 Å². The highest BCUT2D eigenvalue weighted by Gasteiger charge is 2.25. The Morgan fingerprint density at radius 1 is 1.26 bits per heavy atom. The van der Waals surface area contributed by atoms with Gasteiger partial charge in [-0.2, -0.15) is 0 Å². The molecule has 0 radical (unpaired) electrons. The van der Waals surface area contributed by atoms with E-state index >= 15 is 0 Å². The summed E-state index contributed by atoms with van der Waals surface area (Å²) >= 11 is 0. The minimum absolute atomic E-state index is 0.0596. The molecule has 106 valence electrons. The van der Waals surface area contributed by atoms with Crippen LogP contribution in [0.2, 0.25) is 0 Å². The van der Waals surface area contributed by atoms with Crippen LogP contribution in [-0.2, 0) is 10.0 Å². The summed E-state index contributed by atoms with van der Waals surface area (Å²) in [6.07, 6.45) is 8.26. The Hall–Kier alpha value is -1.21. The number of aromatic nitrogens is 2. The second kappa shape index (κ2) is 5.83. The largest absolute Gasteiger partial charge is 0.368 e. The van der Waals surface area contributed by atoms with Crippen LogP contribution in [0.1, 0.15) is 39.0 Å². The lowest BCUT2D eigenvalue weighted by atomic mass is 9.85. The molecule has 1 atom stereocenters. The molecule has 1 aromatic rings. The number of nitrogens with zero attached hydrogens (tertiary/aromatic N) is 2. The van der Waals surface area contributed by atoms with Crippen LogP contribution in [0.3, 0.4) is 0 Å². The Bertz CT molecular complexity index is 509. The number of hydrogen-bond acceptors (Lipinski definition) is 5. The third-order valence-corrected chi connectivity index (χ3v) is 5.17. The lowest BCUT2D eigenvalue weighted by Crippen LogP contribution is -2.38. The van der Waals surface area contributed by atoms with Crippen molar-refractivity contribution in [3.8, 4) is 0 Å². The monoisotopic (exact) mass is 284 g/mol. The van der Waals surface area contributed by atoms with E-state index in [1.54, 1.807) is 0 Å². The molecule has 0 saturated heterocycles. The van der Waals surface area contributed by atoms with Gasteiger partial charge in [0.05, 0.1) is 12.4 Å². The van der Waals surface area contributed by atoms with E-state index in [0.717, 1.165) is 12.8 Å². The van der Waals surface area contributed by atoms with E-state index in [-0.39, 0.29) is 16.9 Å². The molecule has 7 heteroatoms. The molecule has 0 aliphatic heterocycles. The van der Waals surface area contributed by atoms with E-state index < -0.39 is 10.0 Å². The minimum Gasteiger partial charge on any atom is -0.368 e. The summed E-state index contributed by atoms with van der Waals surface area (Å²) in [7, 11) is -3.56.